The number of ether oxygens (including phenoxy) is 3. The van der Waals surface area contributed by atoms with Gasteiger partial charge in [0.25, 0.3) is 0 Å². The summed E-state index contributed by atoms with van der Waals surface area (Å²) >= 11 is 0. The Bertz CT molecular complexity index is 485. The Morgan fingerprint density at radius 2 is 2.00 bits per heavy atom. The van der Waals surface area contributed by atoms with Crippen molar-refractivity contribution in [3.05, 3.63) is 17.7 Å². The third-order valence-corrected chi connectivity index (χ3v) is 3.88. The average molecular weight is 295 g/mol. The molecule has 0 bridgehead atoms. The first-order valence-corrected chi connectivity index (χ1v) is 7.42. The van der Waals surface area contributed by atoms with Crippen LogP contribution in [0.5, 0.6) is 17.2 Å². The van der Waals surface area contributed by atoms with E-state index in [-0.39, 0.29) is 19.3 Å². The van der Waals surface area contributed by atoms with E-state index in [1.165, 1.54) is 0 Å². The summed E-state index contributed by atoms with van der Waals surface area (Å²) in [6.45, 7) is 9.83. The van der Waals surface area contributed by atoms with Crippen LogP contribution in [-0.2, 0) is 6.54 Å². The molecule has 0 spiro atoms. The first kappa shape index (κ1) is 15.9. The van der Waals surface area contributed by atoms with Gasteiger partial charge in [0.1, 0.15) is 12.4 Å². The predicted molar refractivity (Wildman–Crippen MR) is 80.9 cm³/mol. The first-order chi connectivity index (χ1) is 9.94. The minimum absolute atomic E-state index is 0.115. The van der Waals surface area contributed by atoms with Crippen molar-refractivity contribution in [3.63, 3.8) is 0 Å². The van der Waals surface area contributed by atoms with Gasteiger partial charge < -0.3 is 24.6 Å². The molecule has 0 saturated carbocycles. The van der Waals surface area contributed by atoms with Gasteiger partial charge in [-0.3, -0.25) is 0 Å². The van der Waals surface area contributed by atoms with Crippen LogP contribution in [0.15, 0.2) is 12.1 Å². The third kappa shape index (κ3) is 3.80. The van der Waals surface area contributed by atoms with E-state index in [1.807, 2.05) is 26.0 Å². The van der Waals surface area contributed by atoms with E-state index in [0.29, 0.717) is 12.3 Å². The van der Waals surface area contributed by atoms with Crippen LogP contribution in [0.4, 0.5) is 0 Å². The molecule has 0 aromatic heterocycles. The largest absolute Gasteiger partial charge is 0.490 e. The summed E-state index contributed by atoms with van der Waals surface area (Å²) in [5.74, 6) is 2.27. The Labute approximate surface area is 126 Å². The molecule has 0 aliphatic carbocycles. The maximum atomic E-state index is 10.3. The minimum atomic E-state index is -0.869. The molecule has 118 valence electrons. The summed E-state index contributed by atoms with van der Waals surface area (Å²) < 4.78 is 16.7. The zero-order valence-electron chi connectivity index (χ0n) is 13.2. The van der Waals surface area contributed by atoms with Gasteiger partial charge in [-0.15, -0.1) is 0 Å². The topological polar surface area (TPSA) is 60.0 Å². The normalized spacial score (nSPS) is 16.1. The number of benzene rings is 1. The molecule has 2 rings (SSSR count). The number of fused-ring (bicyclic) bond motifs is 1. The molecule has 5 nitrogen and oxygen atoms in total. The zero-order chi connectivity index (χ0) is 15.5. The predicted octanol–water partition coefficient (Wildman–Crippen LogP) is 2.31. The van der Waals surface area contributed by atoms with Crippen molar-refractivity contribution in [2.24, 2.45) is 5.92 Å². The van der Waals surface area contributed by atoms with Crippen molar-refractivity contribution in [1.82, 2.24) is 5.32 Å². The second-order valence-corrected chi connectivity index (χ2v) is 5.89. The summed E-state index contributed by atoms with van der Waals surface area (Å²) in [4.78, 5) is 0. The number of nitrogens with one attached hydrogen (secondary N) is 1. The Morgan fingerprint density at radius 3 is 2.62 bits per heavy atom. The van der Waals surface area contributed by atoms with Gasteiger partial charge in [0.2, 0.25) is 6.79 Å². The van der Waals surface area contributed by atoms with Crippen molar-refractivity contribution in [1.29, 1.82) is 0 Å². The zero-order valence-corrected chi connectivity index (χ0v) is 13.2. The summed E-state index contributed by atoms with van der Waals surface area (Å²) in [7, 11) is 0. The van der Waals surface area contributed by atoms with Crippen LogP contribution in [0.3, 0.4) is 0 Å². The van der Waals surface area contributed by atoms with E-state index in [2.05, 4.69) is 12.2 Å². The van der Waals surface area contributed by atoms with Crippen LogP contribution in [0, 0.1) is 5.92 Å². The Kier molecular flexibility index (Phi) is 4.96. The lowest BCUT2D eigenvalue weighted by atomic mass is 9.94. The fourth-order valence-corrected chi connectivity index (χ4v) is 1.89. The highest BCUT2D eigenvalue weighted by Gasteiger charge is 2.27. The molecule has 2 N–H and O–H groups in total. The number of hydrogen-bond acceptors (Lipinski definition) is 5. The van der Waals surface area contributed by atoms with Gasteiger partial charge in [0.05, 0.1) is 5.60 Å². The molecule has 1 aromatic carbocycles. The smallest absolute Gasteiger partial charge is 0.231 e. The molecule has 0 amide bonds. The molecular weight excluding hydrogens is 270 g/mol. The van der Waals surface area contributed by atoms with Crippen LogP contribution in [0.2, 0.25) is 0 Å². The Hall–Kier alpha value is -1.46. The average Bonchev–Trinajstić information content (AvgIpc) is 2.89. The first-order valence-electron chi connectivity index (χ1n) is 7.42. The fourth-order valence-electron chi connectivity index (χ4n) is 1.89. The minimum Gasteiger partial charge on any atom is -0.490 e. The highest BCUT2D eigenvalue weighted by atomic mass is 16.7. The Balaban J connectivity index is 2.16. The van der Waals surface area contributed by atoms with Crippen LogP contribution in [0.1, 0.15) is 33.3 Å². The highest BCUT2D eigenvalue weighted by Crippen LogP contribution is 2.38. The molecule has 1 aliphatic heterocycles. The van der Waals surface area contributed by atoms with E-state index >= 15 is 0 Å². The lowest BCUT2D eigenvalue weighted by Gasteiger charge is -2.28. The van der Waals surface area contributed by atoms with Gasteiger partial charge in [0.15, 0.2) is 11.5 Å². The molecular formula is C16H25NO4. The van der Waals surface area contributed by atoms with Crippen LogP contribution < -0.4 is 19.5 Å². The maximum Gasteiger partial charge on any atom is 0.231 e. The second kappa shape index (κ2) is 6.54. The molecule has 0 fully saturated rings. The molecule has 1 aromatic rings. The summed E-state index contributed by atoms with van der Waals surface area (Å²) in [6.07, 6.45) is 0. The van der Waals surface area contributed by atoms with E-state index in [4.69, 9.17) is 14.2 Å². The molecule has 1 atom stereocenters. The molecule has 1 heterocycles. The molecule has 0 saturated heterocycles. The van der Waals surface area contributed by atoms with Crippen molar-refractivity contribution < 1.29 is 19.3 Å². The van der Waals surface area contributed by atoms with E-state index < -0.39 is 5.60 Å². The Morgan fingerprint density at radius 1 is 1.33 bits per heavy atom. The van der Waals surface area contributed by atoms with Gasteiger partial charge >= 0.3 is 0 Å². The molecule has 0 radical (unpaired) electrons. The lowest BCUT2D eigenvalue weighted by Crippen LogP contribution is -2.38. The maximum absolute atomic E-state index is 10.3. The van der Waals surface area contributed by atoms with Crippen molar-refractivity contribution in [3.8, 4) is 17.2 Å². The van der Waals surface area contributed by atoms with E-state index in [1.54, 1.807) is 6.92 Å². The highest BCUT2D eigenvalue weighted by molar-refractivity contribution is 5.51. The quantitative estimate of drug-likeness (QED) is 0.808. The second-order valence-electron chi connectivity index (χ2n) is 5.89. The van der Waals surface area contributed by atoms with E-state index in [0.717, 1.165) is 23.6 Å². The van der Waals surface area contributed by atoms with Crippen LogP contribution >= 0.6 is 0 Å². The third-order valence-electron chi connectivity index (χ3n) is 3.88. The van der Waals surface area contributed by atoms with Gasteiger partial charge in [0, 0.05) is 18.2 Å². The van der Waals surface area contributed by atoms with Crippen LogP contribution in [0.25, 0.3) is 0 Å². The summed E-state index contributed by atoms with van der Waals surface area (Å²) in [6, 6.07) is 3.77. The SMILES string of the molecule is CCNCc1cc2c(cc1OCC(C)(O)C(C)C)OCO2. The number of hydrogen-bond donors (Lipinski definition) is 2. The molecule has 21 heavy (non-hydrogen) atoms. The van der Waals surface area contributed by atoms with E-state index in [9.17, 15) is 5.11 Å². The van der Waals surface area contributed by atoms with Gasteiger partial charge in [-0.2, -0.15) is 0 Å². The van der Waals surface area contributed by atoms with Crippen LogP contribution in [-0.4, -0.2) is 30.7 Å². The monoisotopic (exact) mass is 295 g/mol. The molecule has 1 aliphatic rings. The van der Waals surface area contributed by atoms with Crippen molar-refractivity contribution in [2.75, 3.05) is 19.9 Å². The molecule has 1 unspecified atom stereocenters. The summed E-state index contributed by atoms with van der Waals surface area (Å²) in [5, 5.41) is 13.6. The number of aliphatic hydroxyl groups is 1. The summed E-state index contributed by atoms with van der Waals surface area (Å²) in [5.41, 5.74) is 0.131. The number of rotatable bonds is 7. The molecule has 5 heteroatoms. The van der Waals surface area contributed by atoms with Crippen molar-refractivity contribution in [2.45, 2.75) is 39.8 Å². The van der Waals surface area contributed by atoms with Gasteiger partial charge in [-0.05, 0) is 25.5 Å². The fraction of sp³-hybridized carbons (Fsp3) is 0.625. The van der Waals surface area contributed by atoms with Gasteiger partial charge in [-0.1, -0.05) is 20.8 Å². The van der Waals surface area contributed by atoms with Gasteiger partial charge in [-0.25, -0.2) is 0 Å². The van der Waals surface area contributed by atoms with Crippen molar-refractivity contribution >= 4 is 0 Å². The standard InChI is InChI=1S/C16H25NO4/c1-5-17-8-12-6-14-15(21-10-20-14)7-13(12)19-9-16(4,18)11(2)3/h6-7,11,17-18H,5,8-10H2,1-4H3. The lowest BCUT2D eigenvalue weighted by molar-refractivity contribution is -0.0269.